The molecule has 0 aromatic carbocycles. The molecule has 2 N–H and O–H groups in total. The van der Waals surface area contributed by atoms with Crippen molar-refractivity contribution in [1.29, 1.82) is 0 Å². The van der Waals surface area contributed by atoms with E-state index < -0.39 is 11.9 Å². The van der Waals surface area contributed by atoms with Crippen LogP contribution in [0.2, 0.25) is 0 Å². The summed E-state index contributed by atoms with van der Waals surface area (Å²) < 4.78 is 0. The van der Waals surface area contributed by atoms with E-state index in [1.807, 2.05) is 6.92 Å². The lowest BCUT2D eigenvalue weighted by molar-refractivity contribution is -0.137. The van der Waals surface area contributed by atoms with Crippen molar-refractivity contribution in [3.63, 3.8) is 0 Å². The second kappa shape index (κ2) is 6.98. The monoisotopic (exact) mass is 256 g/mol. The van der Waals surface area contributed by atoms with Crippen molar-refractivity contribution in [3.05, 3.63) is 0 Å². The molecule has 1 atom stereocenters. The van der Waals surface area contributed by atoms with Gasteiger partial charge >= 0.3 is 12.0 Å². The van der Waals surface area contributed by atoms with Crippen LogP contribution in [0.15, 0.2) is 0 Å². The molecule has 3 amide bonds. The number of aliphatic carboxylic acids is 1. The van der Waals surface area contributed by atoms with E-state index in [9.17, 15) is 14.4 Å². The van der Waals surface area contributed by atoms with Crippen LogP contribution >= 0.6 is 0 Å². The third-order valence-corrected chi connectivity index (χ3v) is 3.10. The number of urea groups is 1. The summed E-state index contributed by atoms with van der Waals surface area (Å²) in [5, 5.41) is 10.7. The van der Waals surface area contributed by atoms with Crippen LogP contribution in [0.5, 0.6) is 0 Å². The topological polar surface area (TPSA) is 86.7 Å². The summed E-state index contributed by atoms with van der Waals surface area (Å²) in [5.74, 6) is -1.34. The number of carbonyl (C=O) groups excluding carboxylic acids is 2. The Labute approximate surface area is 106 Å². The summed E-state index contributed by atoms with van der Waals surface area (Å²) in [5.41, 5.74) is 0. The first-order chi connectivity index (χ1) is 8.50. The van der Waals surface area contributed by atoms with Gasteiger partial charge in [-0.2, -0.15) is 0 Å². The van der Waals surface area contributed by atoms with Gasteiger partial charge in [0.2, 0.25) is 5.91 Å². The van der Waals surface area contributed by atoms with Gasteiger partial charge in [0, 0.05) is 25.4 Å². The summed E-state index contributed by atoms with van der Waals surface area (Å²) in [6.45, 7) is 2.64. The number of amides is 3. The molecule has 1 saturated heterocycles. The van der Waals surface area contributed by atoms with Gasteiger partial charge in [-0.25, -0.2) is 4.79 Å². The number of likely N-dealkylation sites (tertiary alicyclic amines) is 1. The number of imide groups is 1. The average molecular weight is 256 g/mol. The molecule has 6 nitrogen and oxygen atoms in total. The quantitative estimate of drug-likeness (QED) is 0.795. The summed E-state index contributed by atoms with van der Waals surface area (Å²) in [7, 11) is 0. The summed E-state index contributed by atoms with van der Waals surface area (Å²) in [4.78, 5) is 35.2. The van der Waals surface area contributed by atoms with E-state index >= 15 is 0 Å². The first kappa shape index (κ1) is 14.5. The van der Waals surface area contributed by atoms with Crippen molar-refractivity contribution >= 4 is 17.9 Å². The van der Waals surface area contributed by atoms with Crippen LogP contribution in [0.25, 0.3) is 0 Å². The maximum absolute atomic E-state index is 11.8. The van der Waals surface area contributed by atoms with Crippen LogP contribution in [-0.2, 0) is 9.59 Å². The molecule has 1 rings (SSSR count). The predicted octanol–water partition coefficient (Wildman–Crippen LogP) is 1.35. The SMILES string of the molecule is CC1CCCCN1C(=O)NC(=O)CCCC(=O)O. The molecule has 1 fully saturated rings. The second-order valence-corrected chi connectivity index (χ2v) is 4.64. The Morgan fingerprint density at radius 1 is 1.28 bits per heavy atom. The fraction of sp³-hybridized carbons (Fsp3) is 0.750. The lowest BCUT2D eigenvalue weighted by Crippen LogP contribution is -2.49. The predicted molar refractivity (Wildman–Crippen MR) is 65.0 cm³/mol. The van der Waals surface area contributed by atoms with Crippen LogP contribution < -0.4 is 5.32 Å². The van der Waals surface area contributed by atoms with E-state index in [2.05, 4.69) is 5.32 Å². The van der Waals surface area contributed by atoms with Gasteiger partial charge in [0.25, 0.3) is 0 Å². The van der Waals surface area contributed by atoms with E-state index in [1.165, 1.54) is 0 Å². The van der Waals surface area contributed by atoms with Gasteiger partial charge in [-0.15, -0.1) is 0 Å². The van der Waals surface area contributed by atoms with E-state index in [1.54, 1.807) is 4.90 Å². The molecular formula is C12H20N2O4. The number of rotatable bonds is 4. The van der Waals surface area contributed by atoms with Gasteiger partial charge in [0.05, 0.1) is 0 Å². The molecular weight excluding hydrogens is 236 g/mol. The maximum atomic E-state index is 11.8. The zero-order chi connectivity index (χ0) is 13.5. The molecule has 0 aromatic heterocycles. The highest BCUT2D eigenvalue weighted by Crippen LogP contribution is 2.16. The molecule has 1 aliphatic rings. The first-order valence-electron chi connectivity index (χ1n) is 6.33. The highest BCUT2D eigenvalue weighted by atomic mass is 16.4. The fourth-order valence-corrected chi connectivity index (χ4v) is 2.05. The smallest absolute Gasteiger partial charge is 0.324 e. The molecule has 0 saturated carbocycles. The molecule has 1 aliphatic heterocycles. The number of hydrogen-bond donors (Lipinski definition) is 2. The van der Waals surface area contributed by atoms with Crippen LogP contribution in [-0.4, -0.2) is 40.5 Å². The average Bonchev–Trinajstić information content (AvgIpc) is 2.28. The van der Waals surface area contributed by atoms with Crippen molar-refractivity contribution < 1.29 is 19.5 Å². The third kappa shape index (κ3) is 4.73. The van der Waals surface area contributed by atoms with Gasteiger partial charge < -0.3 is 10.0 Å². The van der Waals surface area contributed by atoms with Gasteiger partial charge in [0.15, 0.2) is 0 Å². The minimum atomic E-state index is -0.932. The second-order valence-electron chi connectivity index (χ2n) is 4.64. The van der Waals surface area contributed by atoms with Crippen molar-refractivity contribution in [2.24, 2.45) is 0 Å². The number of piperidine rings is 1. The standard InChI is InChI=1S/C12H20N2O4/c1-9-5-2-3-8-14(9)12(18)13-10(15)6-4-7-11(16)17/h9H,2-8H2,1H3,(H,16,17)(H,13,15,18). The number of nitrogens with zero attached hydrogens (tertiary/aromatic N) is 1. The largest absolute Gasteiger partial charge is 0.481 e. The van der Waals surface area contributed by atoms with Crippen LogP contribution in [0.4, 0.5) is 4.79 Å². The number of carboxylic acid groups (broad SMARTS) is 1. The lowest BCUT2D eigenvalue weighted by Gasteiger charge is -2.33. The molecule has 102 valence electrons. The Hall–Kier alpha value is -1.59. The normalized spacial score (nSPS) is 19.4. The Balaban J connectivity index is 2.30. The Bertz CT molecular complexity index is 330. The third-order valence-electron chi connectivity index (χ3n) is 3.10. The molecule has 1 heterocycles. The number of carboxylic acids is 1. The lowest BCUT2D eigenvalue weighted by atomic mass is 10.0. The summed E-state index contributed by atoms with van der Waals surface area (Å²) in [6, 6.07) is -0.201. The summed E-state index contributed by atoms with van der Waals surface area (Å²) in [6.07, 6.45) is 3.30. The Morgan fingerprint density at radius 3 is 2.61 bits per heavy atom. The summed E-state index contributed by atoms with van der Waals surface area (Å²) >= 11 is 0. The molecule has 18 heavy (non-hydrogen) atoms. The van der Waals surface area contributed by atoms with Crippen LogP contribution in [0, 0.1) is 0 Å². The van der Waals surface area contributed by atoms with Gasteiger partial charge in [-0.1, -0.05) is 0 Å². The highest BCUT2D eigenvalue weighted by Gasteiger charge is 2.24. The Kier molecular flexibility index (Phi) is 5.61. The minimum absolute atomic E-state index is 0.0538. The zero-order valence-electron chi connectivity index (χ0n) is 10.6. The van der Waals surface area contributed by atoms with Crippen molar-refractivity contribution in [2.45, 2.75) is 51.5 Å². The van der Waals surface area contributed by atoms with Crippen molar-refractivity contribution in [3.8, 4) is 0 Å². The van der Waals surface area contributed by atoms with Crippen molar-refractivity contribution in [2.75, 3.05) is 6.54 Å². The molecule has 0 spiro atoms. The van der Waals surface area contributed by atoms with E-state index in [0.29, 0.717) is 6.54 Å². The number of hydrogen-bond acceptors (Lipinski definition) is 3. The van der Waals surface area contributed by atoms with E-state index in [4.69, 9.17) is 5.11 Å². The molecule has 0 bridgehead atoms. The molecule has 1 unspecified atom stereocenters. The van der Waals surface area contributed by atoms with E-state index in [0.717, 1.165) is 19.3 Å². The van der Waals surface area contributed by atoms with E-state index in [-0.39, 0.29) is 31.3 Å². The van der Waals surface area contributed by atoms with Gasteiger partial charge in [-0.3, -0.25) is 14.9 Å². The van der Waals surface area contributed by atoms with Crippen LogP contribution in [0.3, 0.4) is 0 Å². The first-order valence-corrected chi connectivity index (χ1v) is 6.33. The fourth-order valence-electron chi connectivity index (χ4n) is 2.05. The Morgan fingerprint density at radius 2 is 2.00 bits per heavy atom. The number of carbonyl (C=O) groups is 3. The number of nitrogens with one attached hydrogen (secondary N) is 1. The minimum Gasteiger partial charge on any atom is -0.481 e. The van der Waals surface area contributed by atoms with Crippen LogP contribution in [0.1, 0.15) is 45.4 Å². The maximum Gasteiger partial charge on any atom is 0.324 e. The molecule has 0 aliphatic carbocycles. The zero-order valence-corrected chi connectivity index (χ0v) is 10.6. The molecule has 0 radical (unpaired) electrons. The van der Waals surface area contributed by atoms with Crippen molar-refractivity contribution in [1.82, 2.24) is 10.2 Å². The molecule has 6 heteroatoms. The van der Waals surface area contributed by atoms with Gasteiger partial charge in [0.1, 0.15) is 0 Å². The highest BCUT2D eigenvalue weighted by molar-refractivity contribution is 5.94. The van der Waals surface area contributed by atoms with Gasteiger partial charge in [-0.05, 0) is 32.6 Å². The molecule has 0 aromatic rings.